The molecule has 0 aliphatic carbocycles. The van der Waals surface area contributed by atoms with Crippen molar-refractivity contribution < 1.29 is 9.90 Å². The fourth-order valence-corrected chi connectivity index (χ4v) is 1.58. The van der Waals surface area contributed by atoms with Crippen molar-refractivity contribution in [3.05, 3.63) is 33.8 Å². The highest BCUT2D eigenvalue weighted by atomic mass is 35.5. The van der Waals surface area contributed by atoms with Crippen molar-refractivity contribution in [3.8, 4) is 0 Å². The number of rotatable bonds is 5. The summed E-state index contributed by atoms with van der Waals surface area (Å²) >= 11 is 11.6. The number of ketones is 1. The van der Waals surface area contributed by atoms with E-state index in [9.17, 15) is 4.79 Å². The number of carbonyl (C=O) groups is 1. The largest absolute Gasteiger partial charge is 0.395 e. The van der Waals surface area contributed by atoms with E-state index in [0.29, 0.717) is 15.6 Å². The summed E-state index contributed by atoms with van der Waals surface area (Å²) in [6.07, 6.45) is 0. The number of benzene rings is 1. The summed E-state index contributed by atoms with van der Waals surface area (Å²) in [6.45, 7) is 2.10. The van der Waals surface area contributed by atoms with Crippen molar-refractivity contribution in [2.45, 2.75) is 13.0 Å². The number of carbonyl (C=O) groups excluding carboxylic acids is 1. The van der Waals surface area contributed by atoms with Gasteiger partial charge in [-0.15, -0.1) is 0 Å². The van der Waals surface area contributed by atoms with Crippen molar-refractivity contribution in [3.63, 3.8) is 0 Å². The Morgan fingerprint density at radius 3 is 2.59 bits per heavy atom. The normalized spacial score (nSPS) is 12.8. The molecule has 1 atom stereocenters. The summed E-state index contributed by atoms with van der Waals surface area (Å²) in [5, 5.41) is 9.78. The summed E-state index contributed by atoms with van der Waals surface area (Å²) in [5.74, 6) is -0.0497. The van der Waals surface area contributed by atoms with Gasteiger partial charge in [0.25, 0.3) is 0 Å². The summed E-state index contributed by atoms with van der Waals surface area (Å²) in [7, 11) is 1.79. The quantitative estimate of drug-likeness (QED) is 0.840. The zero-order chi connectivity index (χ0) is 13.0. The molecule has 0 fully saturated rings. The predicted molar refractivity (Wildman–Crippen MR) is 70.0 cm³/mol. The Morgan fingerprint density at radius 1 is 1.41 bits per heavy atom. The van der Waals surface area contributed by atoms with E-state index >= 15 is 0 Å². The maximum absolute atomic E-state index is 11.9. The van der Waals surface area contributed by atoms with Gasteiger partial charge in [0.05, 0.1) is 23.2 Å². The number of nitrogens with zero attached hydrogens (tertiary/aromatic N) is 1. The summed E-state index contributed by atoms with van der Waals surface area (Å²) in [4.78, 5) is 13.7. The SMILES string of the molecule is CC(CO)N(C)CC(=O)c1ccc(Cl)c(Cl)c1. The minimum atomic E-state index is -0.0540. The molecule has 0 saturated heterocycles. The molecular formula is C12H15Cl2NO2. The topological polar surface area (TPSA) is 40.5 Å². The van der Waals surface area contributed by atoms with Crippen LogP contribution in [0.2, 0.25) is 10.0 Å². The molecule has 3 nitrogen and oxygen atoms in total. The van der Waals surface area contributed by atoms with Gasteiger partial charge in [0.2, 0.25) is 0 Å². The Labute approximate surface area is 111 Å². The van der Waals surface area contributed by atoms with Crippen LogP contribution in [0.25, 0.3) is 0 Å². The molecule has 0 aromatic heterocycles. The lowest BCUT2D eigenvalue weighted by atomic mass is 10.1. The van der Waals surface area contributed by atoms with Crippen LogP contribution in [0.1, 0.15) is 17.3 Å². The van der Waals surface area contributed by atoms with E-state index in [1.54, 1.807) is 30.1 Å². The molecule has 5 heteroatoms. The molecule has 0 heterocycles. The van der Waals surface area contributed by atoms with Crippen LogP contribution in [0, 0.1) is 0 Å². The van der Waals surface area contributed by atoms with E-state index in [-0.39, 0.29) is 25.0 Å². The summed E-state index contributed by atoms with van der Waals surface area (Å²) in [6, 6.07) is 4.76. The minimum Gasteiger partial charge on any atom is -0.395 e. The first-order valence-electron chi connectivity index (χ1n) is 5.25. The Balaban J connectivity index is 2.73. The fourth-order valence-electron chi connectivity index (χ4n) is 1.28. The summed E-state index contributed by atoms with van der Waals surface area (Å²) in [5.41, 5.74) is 0.524. The number of likely N-dealkylation sites (N-methyl/N-ethyl adjacent to an activating group) is 1. The van der Waals surface area contributed by atoms with Crippen LogP contribution in [-0.2, 0) is 0 Å². The molecule has 17 heavy (non-hydrogen) atoms. The first kappa shape index (κ1) is 14.5. The van der Waals surface area contributed by atoms with Gasteiger partial charge in [0, 0.05) is 11.6 Å². The lowest BCUT2D eigenvalue weighted by Gasteiger charge is -2.21. The van der Waals surface area contributed by atoms with Gasteiger partial charge in [-0.1, -0.05) is 23.2 Å². The Hall–Kier alpha value is -0.610. The molecule has 0 spiro atoms. The van der Waals surface area contributed by atoms with Crippen molar-refractivity contribution >= 4 is 29.0 Å². The molecule has 1 unspecified atom stereocenters. The number of aliphatic hydroxyl groups is 1. The van der Waals surface area contributed by atoms with Gasteiger partial charge in [-0.2, -0.15) is 0 Å². The Bertz CT molecular complexity index is 409. The summed E-state index contributed by atoms with van der Waals surface area (Å²) < 4.78 is 0. The molecule has 1 aromatic rings. The maximum atomic E-state index is 11.9. The number of aliphatic hydroxyl groups excluding tert-OH is 1. The fraction of sp³-hybridized carbons (Fsp3) is 0.417. The van der Waals surface area contributed by atoms with Crippen molar-refractivity contribution in [1.29, 1.82) is 0 Å². The average molecular weight is 276 g/mol. The molecule has 1 rings (SSSR count). The first-order chi connectivity index (χ1) is 7.95. The van der Waals surface area contributed by atoms with E-state index in [2.05, 4.69) is 0 Å². The Kier molecular flexibility index (Phi) is 5.40. The number of halogens is 2. The van der Waals surface area contributed by atoms with E-state index < -0.39 is 0 Å². The van der Waals surface area contributed by atoms with Gasteiger partial charge in [-0.25, -0.2) is 0 Å². The highest BCUT2D eigenvalue weighted by Crippen LogP contribution is 2.22. The van der Waals surface area contributed by atoms with Crippen LogP contribution in [0.5, 0.6) is 0 Å². The number of hydrogen-bond acceptors (Lipinski definition) is 3. The third kappa shape index (κ3) is 3.96. The second-order valence-corrected chi connectivity index (χ2v) is 4.81. The zero-order valence-corrected chi connectivity index (χ0v) is 11.3. The van der Waals surface area contributed by atoms with Crippen LogP contribution >= 0.6 is 23.2 Å². The smallest absolute Gasteiger partial charge is 0.176 e. The van der Waals surface area contributed by atoms with Gasteiger partial charge in [-0.05, 0) is 32.2 Å². The van der Waals surface area contributed by atoms with E-state index in [1.165, 1.54) is 0 Å². The van der Waals surface area contributed by atoms with Gasteiger partial charge < -0.3 is 5.11 Å². The van der Waals surface area contributed by atoms with Crippen molar-refractivity contribution in [2.75, 3.05) is 20.2 Å². The van der Waals surface area contributed by atoms with Gasteiger partial charge in [-0.3, -0.25) is 9.69 Å². The molecule has 94 valence electrons. The lowest BCUT2D eigenvalue weighted by molar-refractivity contribution is 0.0890. The monoisotopic (exact) mass is 275 g/mol. The van der Waals surface area contributed by atoms with E-state index in [0.717, 1.165) is 0 Å². The van der Waals surface area contributed by atoms with Crippen LogP contribution < -0.4 is 0 Å². The molecule has 0 saturated carbocycles. The van der Waals surface area contributed by atoms with Gasteiger partial charge in [0.1, 0.15) is 0 Å². The molecule has 0 bridgehead atoms. The molecule has 0 radical (unpaired) electrons. The molecular weight excluding hydrogens is 261 g/mol. The third-order valence-electron chi connectivity index (χ3n) is 2.65. The number of Topliss-reactive ketones (excluding diaryl/α,β-unsaturated/α-hetero) is 1. The zero-order valence-electron chi connectivity index (χ0n) is 9.78. The van der Waals surface area contributed by atoms with E-state index in [1.807, 2.05) is 6.92 Å². The first-order valence-corrected chi connectivity index (χ1v) is 6.00. The Morgan fingerprint density at radius 2 is 2.06 bits per heavy atom. The minimum absolute atomic E-state index is 0.0190. The highest BCUT2D eigenvalue weighted by molar-refractivity contribution is 6.42. The average Bonchev–Trinajstić information content (AvgIpc) is 2.31. The molecule has 0 aliphatic rings. The third-order valence-corrected chi connectivity index (χ3v) is 3.39. The van der Waals surface area contributed by atoms with Gasteiger partial charge >= 0.3 is 0 Å². The standard InChI is InChI=1S/C12H15Cl2NO2/c1-8(7-16)15(2)6-12(17)9-3-4-10(13)11(14)5-9/h3-5,8,16H,6-7H2,1-2H3. The second kappa shape index (κ2) is 6.36. The second-order valence-electron chi connectivity index (χ2n) is 4.00. The van der Waals surface area contributed by atoms with Gasteiger partial charge in [0.15, 0.2) is 5.78 Å². The predicted octanol–water partition coefficient (Wildman–Crippen LogP) is 2.49. The molecule has 0 amide bonds. The van der Waals surface area contributed by atoms with Crippen LogP contribution in [0.4, 0.5) is 0 Å². The number of hydrogen-bond donors (Lipinski definition) is 1. The molecule has 1 N–H and O–H groups in total. The lowest BCUT2D eigenvalue weighted by Crippen LogP contribution is -2.36. The molecule has 1 aromatic carbocycles. The maximum Gasteiger partial charge on any atom is 0.176 e. The highest BCUT2D eigenvalue weighted by Gasteiger charge is 2.14. The van der Waals surface area contributed by atoms with Crippen LogP contribution in [0.3, 0.4) is 0 Å². The van der Waals surface area contributed by atoms with Crippen molar-refractivity contribution in [1.82, 2.24) is 4.90 Å². The van der Waals surface area contributed by atoms with E-state index in [4.69, 9.17) is 28.3 Å². The van der Waals surface area contributed by atoms with Crippen molar-refractivity contribution in [2.24, 2.45) is 0 Å². The van der Waals surface area contributed by atoms with Crippen LogP contribution in [-0.4, -0.2) is 42.0 Å². The van der Waals surface area contributed by atoms with Crippen LogP contribution in [0.15, 0.2) is 18.2 Å². The molecule has 0 aliphatic heterocycles.